The molecule has 0 saturated carbocycles. The van der Waals surface area contributed by atoms with Gasteiger partial charge in [-0.3, -0.25) is 18.5 Å². The summed E-state index contributed by atoms with van der Waals surface area (Å²) in [5.74, 6) is -1.41. The molecule has 0 aliphatic heterocycles. The van der Waals surface area contributed by atoms with E-state index in [1.165, 1.54) is 81.2 Å². The van der Waals surface area contributed by atoms with Gasteiger partial charge in [-0.1, -0.05) is 6.07 Å². The third-order valence-electron chi connectivity index (χ3n) is 7.04. The number of anilines is 1. The Morgan fingerprint density at radius 2 is 1.77 bits per heavy atom. The normalized spacial score (nSPS) is 11.7. The van der Waals surface area contributed by atoms with Crippen LogP contribution in [0.15, 0.2) is 82.4 Å². The third kappa shape index (κ3) is 4.94. The number of furan rings is 1. The van der Waals surface area contributed by atoms with E-state index in [1.807, 2.05) is 0 Å². The van der Waals surface area contributed by atoms with E-state index in [0.717, 1.165) is 21.2 Å². The first-order valence-electron chi connectivity index (χ1n) is 13.0. The van der Waals surface area contributed by atoms with Crippen molar-refractivity contribution in [2.75, 3.05) is 24.7 Å². The summed E-state index contributed by atoms with van der Waals surface area (Å²) < 4.78 is 61.2. The number of hydrogen-bond donors (Lipinski definition) is 1. The highest BCUT2D eigenvalue weighted by Gasteiger charge is 2.26. The van der Waals surface area contributed by atoms with Gasteiger partial charge in [-0.2, -0.15) is 0 Å². The number of carbonyl (C=O) groups is 1. The summed E-state index contributed by atoms with van der Waals surface area (Å²) in [6, 6.07) is 13.7. The molecule has 3 heterocycles. The Bertz CT molecular complexity index is 2280. The zero-order valence-electron chi connectivity index (χ0n) is 23.4. The minimum Gasteiger partial charge on any atom is -0.455 e. The lowest BCUT2D eigenvalue weighted by Gasteiger charge is -2.20. The van der Waals surface area contributed by atoms with E-state index in [4.69, 9.17) is 4.42 Å². The predicted molar refractivity (Wildman–Crippen MR) is 160 cm³/mol. The monoisotopic (exact) mass is 616 g/mol. The van der Waals surface area contributed by atoms with Gasteiger partial charge in [-0.25, -0.2) is 32.2 Å². The third-order valence-corrected chi connectivity index (χ3v) is 8.23. The lowest BCUT2D eigenvalue weighted by molar-refractivity contribution is 0.0964. The minimum absolute atomic E-state index is 0.0125. The van der Waals surface area contributed by atoms with Crippen LogP contribution in [0.4, 0.5) is 14.5 Å². The van der Waals surface area contributed by atoms with Crippen molar-refractivity contribution in [3.05, 3.63) is 101 Å². The number of fused-ring (bicyclic) bond motifs is 2. The van der Waals surface area contributed by atoms with Crippen molar-refractivity contribution in [1.29, 1.82) is 0 Å². The summed E-state index contributed by atoms with van der Waals surface area (Å²) in [6.45, 7) is 0. The average Bonchev–Trinajstić information content (AvgIpc) is 3.38. The van der Waals surface area contributed by atoms with E-state index in [9.17, 15) is 26.8 Å². The number of rotatable bonds is 6. The van der Waals surface area contributed by atoms with Crippen LogP contribution in [0, 0.1) is 11.6 Å². The molecule has 3 aromatic heterocycles. The summed E-state index contributed by atoms with van der Waals surface area (Å²) in [5, 5.41) is 2.87. The highest BCUT2D eigenvalue weighted by molar-refractivity contribution is 7.92. The molecule has 0 bridgehead atoms. The SMILES string of the molecule is CNC(=O)c1c(-c2ccc(F)cc2)oc2cc(N(C)S(C)(=O)=O)c(-c3cnc4ncn(-c5cccc(F)c5)c(=O)c4n3)cc12. The molecule has 0 atom stereocenters. The number of amides is 1. The van der Waals surface area contributed by atoms with Gasteiger partial charge in [-0.05, 0) is 48.5 Å². The molecule has 0 spiro atoms. The van der Waals surface area contributed by atoms with Crippen molar-refractivity contribution in [3.63, 3.8) is 0 Å². The Labute approximate surface area is 248 Å². The van der Waals surface area contributed by atoms with E-state index < -0.39 is 33.1 Å². The molecule has 1 N–H and O–H groups in total. The van der Waals surface area contributed by atoms with E-state index in [0.29, 0.717) is 10.9 Å². The number of nitrogens with zero attached hydrogens (tertiary/aromatic N) is 5. The summed E-state index contributed by atoms with van der Waals surface area (Å²) in [7, 11) is -1.06. The maximum absolute atomic E-state index is 13.9. The molecule has 0 fully saturated rings. The molecule has 0 aliphatic rings. The van der Waals surface area contributed by atoms with Gasteiger partial charge in [0.1, 0.15) is 29.3 Å². The number of carbonyl (C=O) groups excluding carboxylic acids is 1. The van der Waals surface area contributed by atoms with Crippen molar-refractivity contribution in [2.45, 2.75) is 0 Å². The molecule has 0 radical (unpaired) electrons. The number of halogens is 2. The van der Waals surface area contributed by atoms with Gasteiger partial charge in [0, 0.05) is 36.7 Å². The molecule has 44 heavy (non-hydrogen) atoms. The first-order valence-corrected chi connectivity index (χ1v) is 14.8. The van der Waals surface area contributed by atoms with Crippen LogP contribution < -0.4 is 15.2 Å². The van der Waals surface area contributed by atoms with Crippen molar-refractivity contribution in [2.24, 2.45) is 0 Å². The van der Waals surface area contributed by atoms with Crippen LogP contribution in [-0.2, 0) is 10.0 Å². The highest BCUT2D eigenvalue weighted by atomic mass is 32.2. The van der Waals surface area contributed by atoms with Crippen LogP contribution in [0.25, 0.3) is 50.4 Å². The minimum atomic E-state index is -3.82. The van der Waals surface area contributed by atoms with Gasteiger partial charge < -0.3 is 9.73 Å². The number of aromatic nitrogens is 4. The second-order valence-electron chi connectivity index (χ2n) is 9.82. The molecule has 11 nitrogen and oxygen atoms in total. The standard InChI is InChI=1S/C30H22F2N6O5S/c1-33-29(39)25-21-12-20(22-14-34-28-26(36-22)30(40)38(15-35-28)19-6-4-5-18(32)11-19)23(37(2)44(3,41)42)13-24(21)43-27(25)16-7-9-17(31)10-8-16/h4-15H,1-3H3,(H,33,39). The quantitative estimate of drug-likeness (QED) is 0.292. The molecule has 0 saturated heterocycles. The summed E-state index contributed by atoms with van der Waals surface area (Å²) in [6.07, 6.45) is 3.54. The molecule has 14 heteroatoms. The fourth-order valence-corrected chi connectivity index (χ4v) is 5.28. The second-order valence-corrected chi connectivity index (χ2v) is 11.8. The van der Waals surface area contributed by atoms with Gasteiger partial charge in [0.05, 0.1) is 35.1 Å². The lowest BCUT2D eigenvalue weighted by Crippen LogP contribution is -2.25. The van der Waals surface area contributed by atoms with Gasteiger partial charge in [-0.15, -0.1) is 0 Å². The van der Waals surface area contributed by atoms with Gasteiger partial charge in [0.25, 0.3) is 11.5 Å². The molecule has 222 valence electrons. The fraction of sp³-hybridized carbons (Fsp3) is 0.100. The van der Waals surface area contributed by atoms with Crippen LogP contribution in [-0.4, -0.2) is 54.2 Å². The number of benzene rings is 3. The largest absolute Gasteiger partial charge is 0.455 e. The fourth-order valence-electron chi connectivity index (χ4n) is 4.77. The zero-order chi connectivity index (χ0) is 31.3. The van der Waals surface area contributed by atoms with Crippen molar-refractivity contribution in [1.82, 2.24) is 24.8 Å². The molecular weight excluding hydrogens is 594 g/mol. The van der Waals surface area contributed by atoms with Crippen LogP contribution in [0.5, 0.6) is 0 Å². The van der Waals surface area contributed by atoms with Gasteiger partial charge >= 0.3 is 0 Å². The molecule has 1 amide bonds. The highest BCUT2D eigenvalue weighted by Crippen LogP contribution is 2.40. The summed E-state index contributed by atoms with van der Waals surface area (Å²) in [5.41, 5.74) is 0.547. The molecule has 0 unspecified atom stereocenters. The number of hydrogen-bond acceptors (Lipinski definition) is 8. The average molecular weight is 617 g/mol. The Morgan fingerprint density at radius 1 is 1.02 bits per heavy atom. The molecule has 0 aliphatic carbocycles. The van der Waals surface area contributed by atoms with Crippen LogP contribution in [0.3, 0.4) is 0 Å². The molecule has 6 rings (SSSR count). The van der Waals surface area contributed by atoms with Crippen molar-refractivity contribution in [3.8, 4) is 28.3 Å². The molecular formula is C30H22F2N6O5S. The first-order chi connectivity index (χ1) is 21.0. The maximum Gasteiger partial charge on any atom is 0.286 e. The van der Waals surface area contributed by atoms with Crippen LogP contribution in [0.2, 0.25) is 0 Å². The summed E-state index contributed by atoms with van der Waals surface area (Å²) in [4.78, 5) is 39.6. The lowest BCUT2D eigenvalue weighted by atomic mass is 10.0. The Balaban J connectivity index is 1.64. The van der Waals surface area contributed by atoms with Gasteiger partial charge in [0.15, 0.2) is 11.2 Å². The van der Waals surface area contributed by atoms with Crippen molar-refractivity contribution < 1.29 is 26.4 Å². The van der Waals surface area contributed by atoms with Crippen LogP contribution in [0.1, 0.15) is 10.4 Å². The Kier molecular flexibility index (Phi) is 6.92. The van der Waals surface area contributed by atoms with Crippen molar-refractivity contribution >= 4 is 43.8 Å². The molecule has 6 aromatic rings. The topological polar surface area (TPSA) is 140 Å². The van der Waals surface area contributed by atoms with E-state index in [-0.39, 0.29) is 50.7 Å². The number of sulfonamides is 1. The Morgan fingerprint density at radius 3 is 2.45 bits per heavy atom. The van der Waals surface area contributed by atoms with Crippen LogP contribution >= 0.6 is 0 Å². The molecule has 3 aromatic carbocycles. The van der Waals surface area contributed by atoms with Gasteiger partial charge in [0.2, 0.25) is 10.0 Å². The predicted octanol–water partition coefficient (Wildman–Crippen LogP) is 4.29. The van der Waals surface area contributed by atoms with E-state index in [2.05, 4.69) is 20.3 Å². The van der Waals surface area contributed by atoms with E-state index in [1.54, 1.807) is 0 Å². The first kappa shape index (κ1) is 28.6. The maximum atomic E-state index is 13.9. The smallest absolute Gasteiger partial charge is 0.286 e. The Hall–Kier alpha value is -5.50. The second kappa shape index (κ2) is 10.6. The van der Waals surface area contributed by atoms with E-state index >= 15 is 0 Å². The zero-order valence-corrected chi connectivity index (χ0v) is 24.2. The number of nitrogens with one attached hydrogen (secondary N) is 1. The summed E-state index contributed by atoms with van der Waals surface area (Å²) >= 11 is 0.